The number of esters is 1. The number of rotatable bonds is 3. The summed E-state index contributed by atoms with van der Waals surface area (Å²) in [6.45, 7) is 7.35. The molecule has 0 aliphatic carbocycles. The number of carbonyl (C=O) groups is 2. The van der Waals surface area contributed by atoms with Crippen LogP contribution >= 0.6 is 0 Å². The third-order valence-corrected chi connectivity index (χ3v) is 2.02. The van der Waals surface area contributed by atoms with E-state index in [4.69, 9.17) is 0 Å². The molecular formula is C10H19NO3. The second kappa shape index (κ2) is 4.98. The van der Waals surface area contributed by atoms with E-state index in [1.54, 1.807) is 0 Å². The Morgan fingerprint density at radius 2 is 1.86 bits per heavy atom. The van der Waals surface area contributed by atoms with Crippen molar-refractivity contribution in [2.75, 3.05) is 7.11 Å². The first-order chi connectivity index (χ1) is 6.27. The summed E-state index contributed by atoms with van der Waals surface area (Å²) in [6.07, 6.45) is 0.208. The first-order valence-electron chi connectivity index (χ1n) is 4.61. The minimum atomic E-state index is -0.307. The quantitative estimate of drug-likeness (QED) is 0.696. The lowest BCUT2D eigenvalue weighted by molar-refractivity contribution is -0.142. The van der Waals surface area contributed by atoms with Gasteiger partial charge in [0, 0.05) is 13.0 Å². The molecule has 0 unspecified atom stereocenters. The van der Waals surface area contributed by atoms with Crippen molar-refractivity contribution in [1.82, 2.24) is 5.32 Å². The second-order valence-electron chi connectivity index (χ2n) is 4.40. The summed E-state index contributed by atoms with van der Waals surface area (Å²) in [7, 11) is 1.34. The van der Waals surface area contributed by atoms with Crippen molar-refractivity contribution >= 4 is 11.9 Å². The van der Waals surface area contributed by atoms with Crippen molar-refractivity contribution in [2.24, 2.45) is 5.41 Å². The molecule has 0 radical (unpaired) electrons. The molecule has 4 heteroatoms. The Labute approximate surface area is 85.0 Å². The zero-order valence-electron chi connectivity index (χ0n) is 9.51. The number of carbonyl (C=O) groups excluding carboxylic acids is 2. The molecule has 0 bridgehead atoms. The summed E-state index contributed by atoms with van der Waals surface area (Å²) >= 11 is 0. The highest BCUT2D eigenvalue weighted by Gasteiger charge is 2.27. The zero-order chi connectivity index (χ0) is 11.4. The van der Waals surface area contributed by atoms with E-state index >= 15 is 0 Å². The van der Waals surface area contributed by atoms with Gasteiger partial charge in [-0.2, -0.15) is 0 Å². The number of nitrogens with one attached hydrogen (secondary N) is 1. The summed E-state index contributed by atoms with van der Waals surface area (Å²) in [4.78, 5) is 22.0. The Hall–Kier alpha value is -1.06. The maximum atomic E-state index is 11.1. The molecule has 1 amide bonds. The summed E-state index contributed by atoms with van der Waals surface area (Å²) in [5, 5.41) is 2.75. The van der Waals surface area contributed by atoms with Crippen LogP contribution in [-0.4, -0.2) is 25.0 Å². The average Bonchev–Trinajstić information content (AvgIpc) is 2.00. The average molecular weight is 201 g/mol. The molecule has 0 aromatic heterocycles. The van der Waals surface area contributed by atoms with Crippen molar-refractivity contribution in [1.29, 1.82) is 0 Å². The van der Waals surface area contributed by atoms with Crippen LogP contribution < -0.4 is 5.32 Å². The highest BCUT2D eigenvalue weighted by atomic mass is 16.5. The third kappa shape index (κ3) is 4.84. The van der Waals surface area contributed by atoms with Gasteiger partial charge in [-0.25, -0.2) is 0 Å². The summed E-state index contributed by atoms with van der Waals surface area (Å²) in [5.41, 5.74) is -0.153. The molecule has 0 aromatic rings. The van der Waals surface area contributed by atoms with E-state index in [0.29, 0.717) is 0 Å². The Morgan fingerprint density at radius 3 is 2.14 bits per heavy atom. The van der Waals surface area contributed by atoms with Gasteiger partial charge in [0.05, 0.1) is 13.5 Å². The lowest BCUT2D eigenvalue weighted by Crippen LogP contribution is -2.44. The van der Waals surface area contributed by atoms with E-state index in [0.717, 1.165) is 0 Å². The molecule has 0 spiro atoms. The summed E-state index contributed by atoms with van der Waals surface area (Å²) in [5.74, 6) is -0.437. The first-order valence-corrected chi connectivity index (χ1v) is 4.61. The van der Waals surface area contributed by atoms with E-state index in [2.05, 4.69) is 10.1 Å². The van der Waals surface area contributed by atoms with E-state index in [1.807, 2.05) is 20.8 Å². The number of hydrogen-bond donors (Lipinski definition) is 1. The van der Waals surface area contributed by atoms with Crippen LogP contribution in [0.25, 0.3) is 0 Å². The summed E-state index contributed by atoms with van der Waals surface area (Å²) < 4.78 is 4.57. The van der Waals surface area contributed by atoms with Crippen molar-refractivity contribution in [3.05, 3.63) is 0 Å². The molecule has 82 valence electrons. The molecule has 1 atom stereocenters. The molecule has 0 aliphatic heterocycles. The number of hydrogen-bond acceptors (Lipinski definition) is 3. The lowest BCUT2D eigenvalue weighted by Gasteiger charge is -2.30. The van der Waals surface area contributed by atoms with E-state index in [1.165, 1.54) is 14.0 Å². The van der Waals surface area contributed by atoms with E-state index in [9.17, 15) is 9.59 Å². The maximum Gasteiger partial charge on any atom is 0.307 e. The summed E-state index contributed by atoms with van der Waals surface area (Å²) in [6, 6.07) is -0.188. The minimum Gasteiger partial charge on any atom is -0.469 e. The Bertz CT molecular complexity index is 218. The van der Waals surface area contributed by atoms with Gasteiger partial charge in [-0.1, -0.05) is 20.8 Å². The molecule has 0 saturated carbocycles. The fourth-order valence-corrected chi connectivity index (χ4v) is 1.07. The van der Waals surface area contributed by atoms with Gasteiger partial charge in [0.2, 0.25) is 5.91 Å². The lowest BCUT2D eigenvalue weighted by atomic mass is 9.85. The maximum absolute atomic E-state index is 11.1. The van der Waals surface area contributed by atoms with Crippen LogP contribution in [0.3, 0.4) is 0 Å². The minimum absolute atomic E-state index is 0.131. The van der Waals surface area contributed by atoms with Crippen molar-refractivity contribution in [2.45, 2.75) is 40.2 Å². The van der Waals surface area contributed by atoms with Crippen molar-refractivity contribution < 1.29 is 14.3 Å². The van der Waals surface area contributed by atoms with Crippen LogP contribution in [0.1, 0.15) is 34.1 Å². The topological polar surface area (TPSA) is 55.4 Å². The van der Waals surface area contributed by atoms with E-state index in [-0.39, 0.29) is 29.8 Å². The Balaban J connectivity index is 4.41. The smallest absolute Gasteiger partial charge is 0.307 e. The molecule has 4 nitrogen and oxygen atoms in total. The predicted octanol–water partition coefficient (Wildman–Crippen LogP) is 1.10. The molecule has 1 N–H and O–H groups in total. The van der Waals surface area contributed by atoms with Crippen LogP contribution in [0.15, 0.2) is 0 Å². The first kappa shape index (κ1) is 12.9. The van der Waals surface area contributed by atoms with Gasteiger partial charge in [0.1, 0.15) is 0 Å². The highest BCUT2D eigenvalue weighted by Crippen LogP contribution is 2.22. The van der Waals surface area contributed by atoms with Gasteiger partial charge < -0.3 is 10.1 Å². The molecule has 0 fully saturated rings. The molecule has 14 heavy (non-hydrogen) atoms. The Morgan fingerprint density at radius 1 is 1.36 bits per heavy atom. The Kier molecular flexibility index (Phi) is 4.60. The fraction of sp³-hybridized carbons (Fsp3) is 0.800. The molecule has 0 heterocycles. The largest absolute Gasteiger partial charge is 0.469 e. The van der Waals surface area contributed by atoms with Gasteiger partial charge in [-0.3, -0.25) is 9.59 Å². The van der Waals surface area contributed by atoms with Gasteiger partial charge in [0.15, 0.2) is 0 Å². The third-order valence-electron chi connectivity index (χ3n) is 2.02. The van der Waals surface area contributed by atoms with E-state index < -0.39 is 0 Å². The van der Waals surface area contributed by atoms with Crippen LogP contribution in [0.2, 0.25) is 0 Å². The fourth-order valence-electron chi connectivity index (χ4n) is 1.07. The van der Waals surface area contributed by atoms with Gasteiger partial charge in [-0.05, 0) is 5.41 Å². The van der Waals surface area contributed by atoms with Crippen LogP contribution in [-0.2, 0) is 14.3 Å². The normalized spacial score (nSPS) is 13.2. The molecular weight excluding hydrogens is 182 g/mol. The predicted molar refractivity (Wildman–Crippen MR) is 53.7 cm³/mol. The molecule has 0 rings (SSSR count). The van der Waals surface area contributed by atoms with Crippen LogP contribution in [0.5, 0.6) is 0 Å². The van der Waals surface area contributed by atoms with Gasteiger partial charge >= 0.3 is 5.97 Å². The number of methoxy groups -OCH3 is 1. The number of ether oxygens (including phenoxy) is 1. The zero-order valence-corrected chi connectivity index (χ0v) is 9.51. The second-order valence-corrected chi connectivity index (χ2v) is 4.40. The van der Waals surface area contributed by atoms with Crippen LogP contribution in [0.4, 0.5) is 0 Å². The van der Waals surface area contributed by atoms with Gasteiger partial charge in [0.25, 0.3) is 0 Å². The molecule has 0 saturated heterocycles. The van der Waals surface area contributed by atoms with Crippen molar-refractivity contribution in [3.8, 4) is 0 Å². The molecule has 0 aromatic carbocycles. The van der Waals surface area contributed by atoms with Gasteiger partial charge in [-0.15, -0.1) is 0 Å². The standard InChI is InChI=1S/C10H19NO3/c1-7(12)11-8(10(2,3)4)6-9(13)14-5/h8H,6H2,1-5H3,(H,11,12)/t8-/m0/s1. The number of amides is 1. The highest BCUT2D eigenvalue weighted by molar-refractivity contribution is 5.75. The SMILES string of the molecule is COC(=O)C[C@H](NC(C)=O)C(C)(C)C. The van der Waals surface area contributed by atoms with Crippen LogP contribution in [0, 0.1) is 5.41 Å². The monoisotopic (exact) mass is 201 g/mol. The van der Waals surface area contributed by atoms with Crippen molar-refractivity contribution in [3.63, 3.8) is 0 Å². The molecule has 0 aliphatic rings.